The molecule has 2 fully saturated rings. The van der Waals surface area contributed by atoms with Gasteiger partial charge in [-0.3, -0.25) is 4.79 Å². The van der Waals surface area contributed by atoms with Gasteiger partial charge in [0.2, 0.25) is 0 Å². The number of nitrogens with one attached hydrogen (secondary N) is 2. The summed E-state index contributed by atoms with van der Waals surface area (Å²) in [6, 6.07) is 20.8. The predicted molar refractivity (Wildman–Crippen MR) is 117 cm³/mol. The van der Waals surface area contributed by atoms with E-state index in [1.54, 1.807) is 0 Å². The van der Waals surface area contributed by atoms with Crippen molar-refractivity contribution in [2.24, 2.45) is 5.92 Å². The molecule has 1 saturated carbocycles. The molecule has 2 heterocycles. The van der Waals surface area contributed by atoms with Gasteiger partial charge in [0.15, 0.2) is 0 Å². The largest absolute Gasteiger partial charge is 0.351 e. The van der Waals surface area contributed by atoms with Crippen LogP contribution in [0.2, 0.25) is 0 Å². The Morgan fingerprint density at radius 1 is 1.03 bits per heavy atom. The average Bonchev–Trinajstić information content (AvgIpc) is 3.34. The molecule has 150 valence electrons. The van der Waals surface area contributed by atoms with Crippen molar-refractivity contribution in [2.45, 2.75) is 37.6 Å². The van der Waals surface area contributed by atoms with Crippen LogP contribution < -0.4 is 5.32 Å². The molecule has 5 rings (SSSR count). The molecule has 3 aromatic rings. The second kappa shape index (κ2) is 7.68. The minimum absolute atomic E-state index is 0.0256. The van der Waals surface area contributed by atoms with Crippen molar-refractivity contribution in [1.82, 2.24) is 15.2 Å². The molecule has 4 nitrogen and oxygen atoms in total. The first-order chi connectivity index (χ1) is 14.2. The highest BCUT2D eigenvalue weighted by Crippen LogP contribution is 2.37. The van der Waals surface area contributed by atoms with Gasteiger partial charge in [0.25, 0.3) is 5.91 Å². The van der Waals surface area contributed by atoms with Gasteiger partial charge in [-0.25, -0.2) is 0 Å². The number of amides is 1. The number of hydrogen-bond donors (Lipinski definition) is 2. The number of carbonyl (C=O) groups excluding carboxylic acids is 1. The third kappa shape index (κ3) is 4.23. The Labute approximate surface area is 172 Å². The number of para-hydroxylation sites is 1. The molecule has 0 spiro atoms. The molecule has 1 aliphatic heterocycles. The minimum atomic E-state index is -0.0271. The Kier molecular flexibility index (Phi) is 4.88. The SMILES string of the molecule is O=C(NC1(CN2CCC(Cc3ccccc3)CC2)CC1)c1cc2ccccc2[nH]1. The minimum Gasteiger partial charge on any atom is -0.351 e. The van der Waals surface area contributed by atoms with Crippen LogP contribution in [0.4, 0.5) is 0 Å². The summed E-state index contributed by atoms with van der Waals surface area (Å²) in [5, 5.41) is 4.42. The van der Waals surface area contributed by atoms with Gasteiger partial charge >= 0.3 is 0 Å². The molecular formula is C25H29N3O. The lowest BCUT2D eigenvalue weighted by atomic mass is 9.90. The molecule has 1 saturated heterocycles. The topological polar surface area (TPSA) is 48.1 Å². The van der Waals surface area contributed by atoms with E-state index in [0.717, 1.165) is 49.3 Å². The van der Waals surface area contributed by atoms with Crippen LogP contribution in [0.25, 0.3) is 10.9 Å². The van der Waals surface area contributed by atoms with Crippen molar-refractivity contribution in [3.63, 3.8) is 0 Å². The highest BCUT2D eigenvalue weighted by molar-refractivity contribution is 5.98. The van der Waals surface area contributed by atoms with Crippen LogP contribution in [0.15, 0.2) is 60.7 Å². The highest BCUT2D eigenvalue weighted by atomic mass is 16.2. The van der Waals surface area contributed by atoms with Crippen LogP contribution in [0.1, 0.15) is 41.7 Å². The van der Waals surface area contributed by atoms with E-state index in [4.69, 9.17) is 0 Å². The van der Waals surface area contributed by atoms with E-state index in [-0.39, 0.29) is 11.4 Å². The Bertz CT molecular complexity index is 948. The lowest BCUT2D eigenvalue weighted by molar-refractivity contribution is 0.0900. The van der Waals surface area contributed by atoms with E-state index >= 15 is 0 Å². The molecule has 0 atom stereocenters. The van der Waals surface area contributed by atoms with E-state index in [0.29, 0.717) is 5.69 Å². The fourth-order valence-corrected chi connectivity index (χ4v) is 4.70. The maximum absolute atomic E-state index is 12.8. The molecule has 1 aromatic heterocycles. The van der Waals surface area contributed by atoms with Crippen molar-refractivity contribution in [3.05, 3.63) is 71.9 Å². The number of carbonyl (C=O) groups is 1. The normalized spacial score (nSPS) is 19.3. The Hall–Kier alpha value is -2.59. The Morgan fingerprint density at radius 3 is 2.48 bits per heavy atom. The summed E-state index contributed by atoms with van der Waals surface area (Å²) in [6.07, 6.45) is 5.87. The molecule has 2 N–H and O–H groups in total. The smallest absolute Gasteiger partial charge is 0.268 e. The molecule has 0 unspecified atom stereocenters. The quantitative estimate of drug-likeness (QED) is 0.659. The lowest BCUT2D eigenvalue weighted by Gasteiger charge is -2.34. The molecule has 2 aromatic carbocycles. The molecule has 0 radical (unpaired) electrons. The maximum Gasteiger partial charge on any atom is 0.268 e. The third-order valence-corrected chi connectivity index (χ3v) is 6.61. The van der Waals surface area contributed by atoms with Gasteiger partial charge in [-0.1, -0.05) is 48.5 Å². The van der Waals surface area contributed by atoms with Crippen LogP contribution in [-0.4, -0.2) is 41.0 Å². The van der Waals surface area contributed by atoms with Gasteiger partial charge in [0.1, 0.15) is 5.69 Å². The molecule has 29 heavy (non-hydrogen) atoms. The molecule has 4 heteroatoms. The van der Waals surface area contributed by atoms with Crippen LogP contribution >= 0.6 is 0 Å². The summed E-state index contributed by atoms with van der Waals surface area (Å²) < 4.78 is 0. The molecular weight excluding hydrogens is 358 g/mol. The Balaban J connectivity index is 1.14. The number of nitrogens with zero attached hydrogens (tertiary/aromatic N) is 1. The average molecular weight is 388 g/mol. The second-order valence-electron chi connectivity index (χ2n) is 8.91. The molecule has 2 aliphatic rings. The summed E-state index contributed by atoms with van der Waals surface area (Å²) >= 11 is 0. The molecule has 1 aliphatic carbocycles. The summed E-state index contributed by atoms with van der Waals surface area (Å²) in [6.45, 7) is 3.26. The zero-order valence-electron chi connectivity index (χ0n) is 16.9. The first kappa shape index (κ1) is 18.4. The van der Waals surface area contributed by atoms with E-state index in [2.05, 4.69) is 45.5 Å². The van der Waals surface area contributed by atoms with Crippen LogP contribution in [0.3, 0.4) is 0 Å². The lowest BCUT2D eigenvalue weighted by Crippen LogP contribution is -2.48. The number of fused-ring (bicyclic) bond motifs is 1. The van der Waals surface area contributed by atoms with Gasteiger partial charge in [-0.05, 0) is 68.8 Å². The highest BCUT2D eigenvalue weighted by Gasteiger charge is 2.45. The van der Waals surface area contributed by atoms with Crippen LogP contribution in [0.5, 0.6) is 0 Å². The number of aromatic amines is 1. The maximum atomic E-state index is 12.8. The number of rotatable bonds is 6. The number of hydrogen-bond acceptors (Lipinski definition) is 2. The number of aromatic nitrogens is 1. The number of benzene rings is 2. The third-order valence-electron chi connectivity index (χ3n) is 6.61. The standard InChI is InChI=1S/C25H29N3O/c29-24(23-17-21-8-4-5-9-22(21)26-23)27-25(12-13-25)18-28-14-10-20(11-15-28)16-19-6-2-1-3-7-19/h1-9,17,20,26H,10-16,18H2,(H,27,29). The Morgan fingerprint density at radius 2 is 1.76 bits per heavy atom. The van der Waals surface area contributed by atoms with Crippen LogP contribution in [-0.2, 0) is 6.42 Å². The number of likely N-dealkylation sites (tertiary alicyclic amines) is 1. The van der Waals surface area contributed by atoms with Crippen molar-refractivity contribution in [2.75, 3.05) is 19.6 Å². The fraction of sp³-hybridized carbons (Fsp3) is 0.400. The van der Waals surface area contributed by atoms with Gasteiger partial charge in [-0.2, -0.15) is 0 Å². The molecule has 1 amide bonds. The van der Waals surface area contributed by atoms with E-state index in [9.17, 15) is 4.79 Å². The van der Waals surface area contributed by atoms with Crippen LogP contribution in [0, 0.1) is 5.92 Å². The van der Waals surface area contributed by atoms with Gasteiger partial charge in [0.05, 0.1) is 5.54 Å². The second-order valence-corrected chi connectivity index (χ2v) is 8.91. The van der Waals surface area contributed by atoms with Crippen molar-refractivity contribution < 1.29 is 4.79 Å². The van der Waals surface area contributed by atoms with E-state index < -0.39 is 0 Å². The fourth-order valence-electron chi connectivity index (χ4n) is 4.70. The summed E-state index contributed by atoms with van der Waals surface area (Å²) in [7, 11) is 0. The van der Waals surface area contributed by atoms with Gasteiger partial charge in [-0.15, -0.1) is 0 Å². The molecule has 0 bridgehead atoms. The van der Waals surface area contributed by atoms with Crippen molar-refractivity contribution in [3.8, 4) is 0 Å². The van der Waals surface area contributed by atoms with E-state index in [1.165, 1.54) is 24.8 Å². The summed E-state index contributed by atoms with van der Waals surface area (Å²) in [5.41, 5.74) is 3.11. The van der Waals surface area contributed by atoms with E-state index in [1.807, 2.05) is 30.3 Å². The summed E-state index contributed by atoms with van der Waals surface area (Å²) in [5.74, 6) is 0.808. The monoisotopic (exact) mass is 387 g/mol. The van der Waals surface area contributed by atoms with Crippen molar-refractivity contribution >= 4 is 16.8 Å². The summed E-state index contributed by atoms with van der Waals surface area (Å²) in [4.78, 5) is 18.6. The van der Waals surface area contributed by atoms with Gasteiger partial charge in [0, 0.05) is 17.4 Å². The number of piperidine rings is 1. The predicted octanol–water partition coefficient (Wildman–Crippen LogP) is 4.39. The van der Waals surface area contributed by atoms with Crippen molar-refractivity contribution in [1.29, 1.82) is 0 Å². The van der Waals surface area contributed by atoms with Gasteiger partial charge < -0.3 is 15.2 Å². The zero-order valence-corrected chi connectivity index (χ0v) is 16.9. The number of H-pyrrole nitrogens is 1. The first-order valence-electron chi connectivity index (χ1n) is 10.9. The first-order valence-corrected chi connectivity index (χ1v) is 10.9. The zero-order chi connectivity index (χ0) is 19.7.